The number of aryl methyl sites for hydroxylation is 1. The van der Waals surface area contributed by atoms with Crippen molar-refractivity contribution in [3.63, 3.8) is 0 Å². The van der Waals surface area contributed by atoms with Gasteiger partial charge in [-0.25, -0.2) is 9.59 Å². The van der Waals surface area contributed by atoms with E-state index in [0.717, 1.165) is 29.3 Å². The van der Waals surface area contributed by atoms with Crippen LogP contribution in [0.5, 0.6) is 0 Å². The van der Waals surface area contributed by atoms with Gasteiger partial charge in [0.05, 0.1) is 0 Å². The maximum Gasteiger partial charge on any atom is 0.326 e. The number of rotatable bonds is 2. The molecule has 1 fully saturated rings. The van der Waals surface area contributed by atoms with Crippen LogP contribution in [0.3, 0.4) is 0 Å². The molecule has 0 radical (unpaired) electrons. The van der Waals surface area contributed by atoms with Crippen molar-refractivity contribution >= 4 is 33.6 Å². The molecule has 2 rings (SSSR count). The number of hydrogen-bond donors (Lipinski definition) is 2. The Labute approximate surface area is 132 Å². The number of benzene rings is 1. The van der Waals surface area contributed by atoms with Crippen molar-refractivity contribution in [3.05, 3.63) is 28.2 Å². The van der Waals surface area contributed by atoms with Crippen LogP contribution in [-0.4, -0.2) is 34.6 Å². The van der Waals surface area contributed by atoms with Gasteiger partial charge in [-0.3, -0.25) is 0 Å². The van der Waals surface area contributed by atoms with E-state index in [1.165, 1.54) is 4.90 Å². The van der Waals surface area contributed by atoms with Gasteiger partial charge in [-0.15, -0.1) is 0 Å². The van der Waals surface area contributed by atoms with Crippen LogP contribution in [0.2, 0.25) is 0 Å². The molecular weight excluding hydrogens is 336 g/mol. The van der Waals surface area contributed by atoms with E-state index in [1.54, 1.807) is 6.07 Å². The van der Waals surface area contributed by atoms with Crippen molar-refractivity contribution < 1.29 is 14.7 Å². The SMILES string of the molecule is Cc1cc(Br)cc(NC(=O)N2CCCCCC2C(=O)O)c1. The number of anilines is 1. The summed E-state index contributed by atoms with van der Waals surface area (Å²) in [6.45, 7) is 2.42. The second kappa shape index (κ2) is 6.93. The zero-order valence-electron chi connectivity index (χ0n) is 11.9. The third kappa shape index (κ3) is 4.20. The van der Waals surface area contributed by atoms with E-state index >= 15 is 0 Å². The first-order chi connectivity index (χ1) is 9.97. The molecule has 2 N–H and O–H groups in total. The molecule has 1 atom stereocenters. The summed E-state index contributed by atoms with van der Waals surface area (Å²) >= 11 is 3.39. The van der Waals surface area contributed by atoms with Gasteiger partial charge < -0.3 is 15.3 Å². The summed E-state index contributed by atoms with van der Waals surface area (Å²) < 4.78 is 0.878. The fourth-order valence-electron chi connectivity index (χ4n) is 2.61. The normalized spacial score (nSPS) is 19.0. The smallest absolute Gasteiger partial charge is 0.326 e. The predicted molar refractivity (Wildman–Crippen MR) is 84.5 cm³/mol. The molecule has 0 spiro atoms. The number of likely N-dealkylation sites (tertiary alicyclic amines) is 1. The number of carboxylic acid groups (broad SMARTS) is 1. The van der Waals surface area contributed by atoms with E-state index in [-0.39, 0.29) is 6.03 Å². The van der Waals surface area contributed by atoms with E-state index < -0.39 is 12.0 Å². The van der Waals surface area contributed by atoms with Crippen LogP contribution in [0.4, 0.5) is 10.5 Å². The molecule has 21 heavy (non-hydrogen) atoms. The number of amides is 2. The summed E-state index contributed by atoms with van der Waals surface area (Å²) in [5, 5.41) is 12.1. The van der Waals surface area contributed by atoms with Crippen molar-refractivity contribution in [1.29, 1.82) is 0 Å². The first-order valence-corrected chi connectivity index (χ1v) is 7.84. The third-order valence-electron chi connectivity index (χ3n) is 3.59. The fraction of sp³-hybridized carbons (Fsp3) is 0.467. The summed E-state index contributed by atoms with van der Waals surface area (Å²) in [6.07, 6.45) is 3.16. The molecule has 5 nitrogen and oxygen atoms in total. The molecule has 0 saturated carbocycles. The maximum absolute atomic E-state index is 12.4. The minimum Gasteiger partial charge on any atom is -0.480 e. The average Bonchev–Trinajstić information content (AvgIpc) is 2.62. The number of carbonyl (C=O) groups excluding carboxylic acids is 1. The number of urea groups is 1. The molecule has 1 aromatic rings. The monoisotopic (exact) mass is 354 g/mol. The summed E-state index contributed by atoms with van der Waals surface area (Å²) in [4.78, 5) is 25.2. The predicted octanol–water partition coefficient (Wildman–Crippen LogP) is 3.62. The molecule has 114 valence electrons. The van der Waals surface area contributed by atoms with E-state index in [2.05, 4.69) is 21.2 Å². The minimum absolute atomic E-state index is 0.346. The van der Waals surface area contributed by atoms with Gasteiger partial charge in [-0.2, -0.15) is 0 Å². The van der Waals surface area contributed by atoms with Crippen molar-refractivity contribution in [2.75, 3.05) is 11.9 Å². The lowest BCUT2D eigenvalue weighted by Gasteiger charge is -2.27. The van der Waals surface area contributed by atoms with Gasteiger partial charge in [0.15, 0.2) is 0 Å². The highest BCUT2D eigenvalue weighted by Gasteiger charge is 2.30. The molecule has 0 aliphatic carbocycles. The largest absolute Gasteiger partial charge is 0.480 e. The first-order valence-electron chi connectivity index (χ1n) is 7.05. The molecule has 0 bridgehead atoms. The van der Waals surface area contributed by atoms with Gasteiger partial charge in [0.25, 0.3) is 0 Å². The number of carbonyl (C=O) groups is 2. The quantitative estimate of drug-likeness (QED) is 0.851. The van der Waals surface area contributed by atoms with E-state index in [9.17, 15) is 14.7 Å². The molecule has 1 aliphatic rings. The summed E-state index contributed by atoms with van der Waals surface area (Å²) in [7, 11) is 0. The Kier molecular flexibility index (Phi) is 5.22. The van der Waals surface area contributed by atoms with Crippen LogP contribution < -0.4 is 5.32 Å². The van der Waals surface area contributed by atoms with Crippen molar-refractivity contribution in [2.24, 2.45) is 0 Å². The number of halogens is 1. The average molecular weight is 355 g/mol. The molecule has 0 aromatic heterocycles. The maximum atomic E-state index is 12.4. The fourth-order valence-corrected chi connectivity index (χ4v) is 3.22. The zero-order chi connectivity index (χ0) is 15.4. The van der Waals surface area contributed by atoms with E-state index in [4.69, 9.17) is 0 Å². The number of aliphatic carboxylic acids is 1. The van der Waals surface area contributed by atoms with E-state index in [1.807, 2.05) is 19.1 Å². The number of hydrogen-bond acceptors (Lipinski definition) is 2. The molecule has 1 heterocycles. The number of nitrogens with zero attached hydrogens (tertiary/aromatic N) is 1. The molecule has 6 heteroatoms. The number of nitrogens with one attached hydrogen (secondary N) is 1. The molecule has 1 aromatic carbocycles. The minimum atomic E-state index is -0.933. The molecule has 1 aliphatic heterocycles. The van der Waals surface area contributed by atoms with Gasteiger partial charge in [0, 0.05) is 16.7 Å². The highest BCUT2D eigenvalue weighted by atomic mass is 79.9. The van der Waals surface area contributed by atoms with Crippen LogP contribution in [0.1, 0.15) is 31.2 Å². The summed E-state index contributed by atoms with van der Waals surface area (Å²) in [5.74, 6) is -0.933. The van der Waals surface area contributed by atoms with Crippen LogP contribution in [-0.2, 0) is 4.79 Å². The Morgan fingerprint density at radius 3 is 2.71 bits per heavy atom. The summed E-state index contributed by atoms with van der Waals surface area (Å²) in [6, 6.07) is 4.53. The Balaban J connectivity index is 2.14. The van der Waals surface area contributed by atoms with E-state index in [0.29, 0.717) is 18.7 Å². The number of carboxylic acids is 1. The lowest BCUT2D eigenvalue weighted by molar-refractivity contribution is -0.142. The topological polar surface area (TPSA) is 69.6 Å². The van der Waals surface area contributed by atoms with Gasteiger partial charge in [0.1, 0.15) is 6.04 Å². The lowest BCUT2D eigenvalue weighted by Crippen LogP contribution is -2.46. The van der Waals surface area contributed by atoms with Crippen molar-refractivity contribution in [2.45, 2.75) is 38.6 Å². The molecule has 1 unspecified atom stereocenters. The standard InChI is InChI=1S/C15H19BrN2O3/c1-10-7-11(16)9-12(8-10)17-15(21)18-6-4-2-3-5-13(18)14(19)20/h7-9,13H,2-6H2,1H3,(H,17,21)(H,19,20). The highest BCUT2D eigenvalue weighted by Crippen LogP contribution is 2.22. The molecular formula is C15H19BrN2O3. The van der Waals surface area contributed by atoms with Gasteiger partial charge in [0.2, 0.25) is 0 Å². The van der Waals surface area contributed by atoms with Crippen molar-refractivity contribution in [3.8, 4) is 0 Å². The Morgan fingerprint density at radius 2 is 2.05 bits per heavy atom. The second-order valence-electron chi connectivity index (χ2n) is 5.34. The Bertz CT molecular complexity index is 527. The zero-order valence-corrected chi connectivity index (χ0v) is 13.5. The van der Waals surface area contributed by atoms with Crippen LogP contribution in [0.15, 0.2) is 22.7 Å². The van der Waals surface area contributed by atoms with Gasteiger partial charge in [-0.05, 0) is 43.5 Å². The van der Waals surface area contributed by atoms with Gasteiger partial charge >= 0.3 is 12.0 Å². The van der Waals surface area contributed by atoms with Crippen LogP contribution >= 0.6 is 15.9 Å². The van der Waals surface area contributed by atoms with Gasteiger partial charge in [-0.1, -0.05) is 28.8 Å². The summed E-state index contributed by atoms with van der Waals surface area (Å²) in [5.41, 5.74) is 1.69. The second-order valence-corrected chi connectivity index (χ2v) is 6.26. The Morgan fingerprint density at radius 1 is 1.29 bits per heavy atom. The Hall–Kier alpha value is -1.56. The van der Waals surface area contributed by atoms with Crippen LogP contribution in [0.25, 0.3) is 0 Å². The molecule has 1 saturated heterocycles. The van der Waals surface area contributed by atoms with Crippen LogP contribution in [0, 0.1) is 6.92 Å². The molecule has 2 amide bonds. The lowest BCUT2D eigenvalue weighted by atomic mass is 10.1. The third-order valence-corrected chi connectivity index (χ3v) is 4.05. The first kappa shape index (κ1) is 15.8. The highest BCUT2D eigenvalue weighted by molar-refractivity contribution is 9.10. The van der Waals surface area contributed by atoms with Crippen molar-refractivity contribution in [1.82, 2.24) is 4.90 Å².